The lowest BCUT2D eigenvalue weighted by molar-refractivity contribution is -0.116. The van der Waals surface area contributed by atoms with Crippen molar-refractivity contribution >= 4 is 5.91 Å². The fourth-order valence-corrected chi connectivity index (χ4v) is 3.33. The van der Waals surface area contributed by atoms with E-state index in [-0.39, 0.29) is 11.7 Å². The van der Waals surface area contributed by atoms with E-state index in [0.717, 1.165) is 42.6 Å². The number of halogens is 1. The normalized spacial score (nSPS) is 17.1. The molecule has 1 heterocycles. The molecular weight excluding hydrogens is 315 g/mol. The number of piperidine rings is 1. The van der Waals surface area contributed by atoms with Crippen molar-refractivity contribution in [2.45, 2.75) is 25.3 Å². The van der Waals surface area contributed by atoms with Crippen LogP contribution >= 0.6 is 0 Å². The zero-order chi connectivity index (χ0) is 17.6. The van der Waals surface area contributed by atoms with Gasteiger partial charge in [-0.25, -0.2) is 4.39 Å². The van der Waals surface area contributed by atoms with Crippen LogP contribution in [0.15, 0.2) is 55.1 Å². The van der Waals surface area contributed by atoms with Crippen LogP contribution in [-0.4, -0.2) is 19.0 Å². The molecule has 0 aromatic heterocycles. The number of benzene rings is 2. The molecule has 2 aromatic carbocycles. The second-order valence-corrected chi connectivity index (χ2v) is 6.39. The highest BCUT2D eigenvalue weighted by Gasteiger charge is 2.19. The standard InChI is InChI=1S/C21H23FN2O/c1-2-21(25)24-14-18-6-5-16(15-7-9-19(22)10-8-15)12-20(18)17-4-3-11-23-13-17/h2,5-10,12,17,23H,1,3-4,11,13-14H2,(H,24,25). The first-order chi connectivity index (χ1) is 12.2. The smallest absolute Gasteiger partial charge is 0.243 e. The van der Waals surface area contributed by atoms with Gasteiger partial charge >= 0.3 is 0 Å². The fraction of sp³-hybridized carbons (Fsp3) is 0.286. The zero-order valence-electron chi connectivity index (χ0n) is 14.2. The van der Waals surface area contributed by atoms with E-state index in [0.29, 0.717) is 12.5 Å². The molecule has 1 saturated heterocycles. The van der Waals surface area contributed by atoms with Crippen LogP contribution in [-0.2, 0) is 11.3 Å². The third kappa shape index (κ3) is 4.34. The van der Waals surface area contributed by atoms with E-state index in [4.69, 9.17) is 0 Å². The molecule has 0 saturated carbocycles. The molecule has 0 bridgehead atoms. The van der Waals surface area contributed by atoms with E-state index >= 15 is 0 Å². The number of amides is 1. The molecule has 1 fully saturated rings. The average Bonchev–Trinajstić information content (AvgIpc) is 2.67. The van der Waals surface area contributed by atoms with Gasteiger partial charge in [0, 0.05) is 13.1 Å². The Bertz CT molecular complexity index is 749. The summed E-state index contributed by atoms with van der Waals surface area (Å²) in [6.07, 6.45) is 3.56. The highest BCUT2D eigenvalue weighted by atomic mass is 19.1. The highest BCUT2D eigenvalue weighted by molar-refractivity contribution is 5.86. The molecule has 0 radical (unpaired) electrons. The quantitative estimate of drug-likeness (QED) is 0.815. The Hall–Kier alpha value is -2.46. The Labute approximate surface area is 148 Å². The van der Waals surface area contributed by atoms with Crippen molar-refractivity contribution in [3.63, 3.8) is 0 Å². The van der Waals surface area contributed by atoms with E-state index in [1.165, 1.54) is 23.8 Å². The molecular formula is C21H23FN2O. The lowest BCUT2D eigenvalue weighted by atomic mass is 9.86. The lowest BCUT2D eigenvalue weighted by Gasteiger charge is -2.26. The molecule has 2 N–H and O–H groups in total. The van der Waals surface area contributed by atoms with Crippen molar-refractivity contribution in [2.75, 3.05) is 13.1 Å². The minimum Gasteiger partial charge on any atom is -0.348 e. The number of carbonyl (C=O) groups excluding carboxylic acids is 1. The van der Waals surface area contributed by atoms with Crippen molar-refractivity contribution in [3.05, 3.63) is 72.1 Å². The first-order valence-corrected chi connectivity index (χ1v) is 8.67. The van der Waals surface area contributed by atoms with Gasteiger partial charge in [-0.05, 0) is 65.8 Å². The number of hydrogen-bond donors (Lipinski definition) is 2. The number of nitrogens with one attached hydrogen (secondary N) is 2. The van der Waals surface area contributed by atoms with Crippen molar-refractivity contribution in [3.8, 4) is 11.1 Å². The molecule has 1 atom stereocenters. The second-order valence-electron chi connectivity index (χ2n) is 6.39. The summed E-state index contributed by atoms with van der Waals surface area (Å²) >= 11 is 0. The first-order valence-electron chi connectivity index (χ1n) is 8.67. The molecule has 4 heteroatoms. The van der Waals surface area contributed by atoms with Gasteiger partial charge in [-0.15, -0.1) is 0 Å². The number of carbonyl (C=O) groups is 1. The maximum absolute atomic E-state index is 13.2. The van der Waals surface area contributed by atoms with E-state index < -0.39 is 0 Å². The third-order valence-electron chi connectivity index (χ3n) is 4.70. The van der Waals surface area contributed by atoms with Crippen molar-refractivity contribution in [1.82, 2.24) is 10.6 Å². The second kappa shape index (κ2) is 8.08. The number of rotatable bonds is 5. The van der Waals surface area contributed by atoms with Crippen LogP contribution in [0.4, 0.5) is 4.39 Å². The lowest BCUT2D eigenvalue weighted by Crippen LogP contribution is -2.29. The van der Waals surface area contributed by atoms with Crippen molar-refractivity contribution in [1.29, 1.82) is 0 Å². The average molecular weight is 338 g/mol. The Kier molecular flexibility index (Phi) is 5.61. The summed E-state index contributed by atoms with van der Waals surface area (Å²) in [7, 11) is 0. The Morgan fingerprint density at radius 2 is 2.00 bits per heavy atom. The molecule has 130 valence electrons. The van der Waals surface area contributed by atoms with E-state index in [1.54, 1.807) is 12.1 Å². The van der Waals surface area contributed by atoms with Gasteiger partial charge in [0.1, 0.15) is 5.82 Å². The minimum absolute atomic E-state index is 0.171. The predicted molar refractivity (Wildman–Crippen MR) is 98.7 cm³/mol. The monoisotopic (exact) mass is 338 g/mol. The van der Waals surface area contributed by atoms with Crippen LogP contribution in [0.25, 0.3) is 11.1 Å². The molecule has 0 spiro atoms. The van der Waals surface area contributed by atoms with Crippen LogP contribution < -0.4 is 10.6 Å². The van der Waals surface area contributed by atoms with Crippen LogP contribution in [0.2, 0.25) is 0 Å². The summed E-state index contributed by atoms with van der Waals surface area (Å²) in [4.78, 5) is 11.5. The maximum Gasteiger partial charge on any atom is 0.243 e. The summed E-state index contributed by atoms with van der Waals surface area (Å²) < 4.78 is 13.2. The number of hydrogen-bond acceptors (Lipinski definition) is 2. The molecule has 1 aliphatic heterocycles. The molecule has 25 heavy (non-hydrogen) atoms. The van der Waals surface area contributed by atoms with Gasteiger partial charge in [-0.3, -0.25) is 4.79 Å². The third-order valence-corrected chi connectivity index (χ3v) is 4.70. The van der Waals surface area contributed by atoms with Crippen LogP contribution in [0.3, 0.4) is 0 Å². The molecule has 0 aliphatic carbocycles. The summed E-state index contributed by atoms with van der Waals surface area (Å²) in [5.74, 6) is 0.0179. The highest BCUT2D eigenvalue weighted by Crippen LogP contribution is 2.31. The Morgan fingerprint density at radius 3 is 2.68 bits per heavy atom. The van der Waals surface area contributed by atoms with Gasteiger partial charge in [-0.1, -0.05) is 36.9 Å². The zero-order valence-corrected chi connectivity index (χ0v) is 14.2. The first kappa shape index (κ1) is 17.4. The van der Waals surface area contributed by atoms with Gasteiger partial charge in [0.05, 0.1) is 0 Å². The molecule has 2 aromatic rings. The Morgan fingerprint density at radius 1 is 1.24 bits per heavy atom. The predicted octanol–water partition coefficient (Wildman–Crippen LogP) is 3.76. The van der Waals surface area contributed by atoms with Gasteiger partial charge in [0.15, 0.2) is 0 Å². The molecule has 1 amide bonds. The van der Waals surface area contributed by atoms with E-state index in [1.807, 2.05) is 6.07 Å². The SMILES string of the molecule is C=CC(=O)NCc1ccc(-c2ccc(F)cc2)cc1C1CCCNC1. The van der Waals surface area contributed by atoms with Gasteiger partial charge in [0.2, 0.25) is 5.91 Å². The van der Waals surface area contributed by atoms with Gasteiger partial charge in [-0.2, -0.15) is 0 Å². The van der Waals surface area contributed by atoms with Crippen molar-refractivity contribution in [2.24, 2.45) is 0 Å². The fourth-order valence-electron chi connectivity index (χ4n) is 3.33. The molecule has 1 unspecified atom stereocenters. The Balaban J connectivity index is 1.92. The summed E-state index contributed by atoms with van der Waals surface area (Å²) in [6.45, 7) is 5.97. The van der Waals surface area contributed by atoms with Crippen LogP contribution in [0, 0.1) is 5.82 Å². The van der Waals surface area contributed by atoms with Crippen LogP contribution in [0.1, 0.15) is 29.9 Å². The summed E-state index contributed by atoms with van der Waals surface area (Å²) in [6, 6.07) is 12.8. The van der Waals surface area contributed by atoms with Gasteiger partial charge < -0.3 is 10.6 Å². The van der Waals surface area contributed by atoms with Gasteiger partial charge in [0.25, 0.3) is 0 Å². The summed E-state index contributed by atoms with van der Waals surface area (Å²) in [5, 5.41) is 6.32. The maximum atomic E-state index is 13.2. The summed E-state index contributed by atoms with van der Waals surface area (Å²) in [5.41, 5.74) is 4.43. The molecule has 3 nitrogen and oxygen atoms in total. The van der Waals surface area contributed by atoms with Crippen LogP contribution in [0.5, 0.6) is 0 Å². The largest absolute Gasteiger partial charge is 0.348 e. The van der Waals surface area contributed by atoms with E-state index in [2.05, 4.69) is 29.3 Å². The molecule has 3 rings (SSSR count). The minimum atomic E-state index is -0.232. The molecule has 1 aliphatic rings. The van der Waals surface area contributed by atoms with Crippen molar-refractivity contribution < 1.29 is 9.18 Å². The van der Waals surface area contributed by atoms with E-state index in [9.17, 15) is 9.18 Å². The topological polar surface area (TPSA) is 41.1 Å².